The van der Waals surface area contributed by atoms with E-state index < -0.39 is 18.1 Å². The third kappa shape index (κ3) is 4.38. The number of methoxy groups -OCH3 is 1. The van der Waals surface area contributed by atoms with Gasteiger partial charge in [0.1, 0.15) is 12.4 Å². The molecule has 0 heterocycles. The van der Waals surface area contributed by atoms with E-state index >= 15 is 0 Å². The van der Waals surface area contributed by atoms with E-state index in [1.54, 1.807) is 24.3 Å². The lowest BCUT2D eigenvalue weighted by molar-refractivity contribution is -0.306. The van der Waals surface area contributed by atoms with Crippen LogP contribution >= 0.6 is 0 Å². The number of fused-ring (bicyclic) bond motifs is 3. The SMILES string of the molecule is COc1cccc([C@H](CC(=O)[O-])NC(=O)OCC2c3ccccc3-c3ccccc32)c1. The minimum Gasteiger partial charge on any atom is -0.550 e. The first kappa shape index (κ1) is 20.5. The molecule has 1 aliphatic carbocycles. The summed E-state index contributed by atoms with van der Waals surface area (Å²) in [6.07, 6.45) is -1.06. The van der Waals surface area contributed by atoms with Crippen molar-refractivity contribution in [2.45, 2.75) is 18.4 Å². The van der Waals surface area contributed by atoms with Crippen LogP contribution in [-0.2, 0) is 9.53 Å². The zero-order valence-electron chi connectivity index (χ0n) is 17.0. The molecule has 0 bridgehead atoms. The van der Waals surface area contributed by atoms with Crippen LogP contribution in [0.25, 0.3) is 11.1 Å². The molecule has 0 unspecified atom stereocenters. The molecule has 3 aromatic rings. The van der Waals surface area contributed by atoms with Gasteiger partial charge in [0.25, 0.3) is 0 Å². The van der Waals surface area contributed by atoms with E-state index in [9.17, 15) is 14.7 Å². The van der Waals surface area contributed by atoms with Crippen LogP contribution in [0, 0.1) is 0 Å². The first-order chi connectivity index (χ1) is 15.1. The molecule has 0 aliphatic heterocycles. The Morgan fingerprint density at radius 1 is 0.968 bits per heavy atom. The predicted molar refractivity (Wildman–Crippen MR) is 114 cm³/mol. The van der Waals surface area contributed by atoms with Crippen LogP contribution in [0.4, 0.5) is 4.79 Å². The average Bonchev–Trinajstić information content (AvgIpc) is 3.11. The smallest absolute Gasteiger partial charge is 0.407 e. The molecule has 31 heavy (non-hydrogen) atoms. The van der Waals surface area contributed by atoms with Gasteiger partial charge in [-0.05, 0) is 39.9 Å². The molecule has 6 heteroatoms. The summed E-state index contributed by atoms with van der Waals surface area (Å²) in [7, 11) is 1.52. The number of hydrogen-bond acceptors (Lipinski definition) is 5. The highest BCUT2D eigenvalue weighted by Gasteiger charge is 2.29. The minimum absolute atomic E-state index is 0.0745. The third-order valence-corrected chi connectivity index (χ3v) is 5.50. The van der Waals surface area contributed by atoms with Crippen molar-refractivity contribution in [3.63, 3.8) is 0 Å². The first-order valence-electron chi connectivity index (χ1n) is 10.0. The molecule has 0 radical (unpaired) electrons. The summed E-state index contributed by atoms with van der Waals surface area (Å²) in [5.74, 6) is -0.781. The Bertz CT molecular complexity index is 1060. The topological polar surface area (TPSA) is 87.7 Å². The summed E-state index contributed by atoms with van der Waals surface area (Å²) in [5, 5.41) is 13.9. The van der Waals surface area contributed by atoms with Gasteiger partial charge < -0.3 is 24.7 Å². The molecule has 1 N–H and O–H groups in total. The van der Waals surface area contributed by atoms with E-state index in [1.165, 1.54) is 7.11 Å². The molecule has 3 aromatic carbocycles. The van der Waals surface area contributed by atoms with E-state index in [0.29, 0.717) is 11.3 Å². The second-order valence-electron chi connectivity index (χ2n) is 7.38. The minimum atomic E-state index is -1.27. The monoisotopic (exact) mass is 416 g/mol. The highest BCUT2D eigenvalue weighted by molar-refractivity contribution is 5.79. The van der Waals surface area contributed by atoms with E-state index in [1.807, 2.05) is 36.4 Å². The number of carboxylic acid groups (broad SMARTS) is 1. The Hall–Kier alpha value is -3.80. The van der Waals surface area contributed by atoms with Crippen molar-refractivity contribution in [2.75, 3.05) is 13.7 Å². The highest BCUT2D eigenvalue weighted by Crippen LogP contribution is 2.44. The molecule has 6 nitrogen and oxygen atoms in total. The summed E-state index contributed by atoms with van der Waals surface area (Å²) in [5.41, 5.74) is 5.08. The van der Waals surface area contributed by atoms with Crippen molar-refractivity contribution in [1.29, 1.82) is 0 Å². The molecular formula is C25H22NO5-. The van der Waals surface area contributed by atoms with Crippen LogP contribution in [0.1, 0.15) is 35.1 Å². The van der Waals surface area contributed by atoms with Crippen LogP contribution < -0.4 is 15.2 Å². The Balaban J connectivity index is 1.48. The van der Waals surface area contributed by atoms with Crippen LogP contribution in [0.15, 0.2) is 72.8 Å². The van der Waals surface area contributed by atoms with Crippen LogP contribution in [0.5, 0.6) is 5.75 Å². The number of aliphatic carboxylic acids is 1. The van der Waals surface area contributed by atoms with Crippen molar-refractivity contribution >= 4 is 12.1 Å². The van der Waals surface area contributed by atoms with Crippen molar-refractivity contribution in [3.05, 3.63) is 89.5 Å². The van der Waals surface area contributed by atoms with E-state index in [0.717, 1.165) is 22.3 Å². The van der Waals surface area contributed by atoms with Gasteiger partial charge in [0.05, 0.1) is 13.2 Å². The summed E-state index contributed by atoms with van der Waals surface area (Å²) in [4.78, 5) is 23.8. The van der Waals surface area contributed by atoms with Gasteiger partial charge in [-0.15, -0.1) is 0 Å². The number of rotatable bonds is 7. The van der Waals surface area contributed by atoms with Gasteiger partial charge in [0.15, 0.2) is 0 Å². The number of amides is 1. The second kappa shape index (κ2) is 8.92. The van der Waals surface area contributed by atoms with Crippen molar-refractivity contribution in [2.24, 2.45) is 0 Å². The molecule has 4 rings (SSSR count). The van der Waals surface area contributed by atoms with Gasteiger partial charge in [0.2, 0.25) is 0 Å². The van der Waals surface area contributed by atoms with Crippen molar-refractivity contribution in [3.8, 4) is 16.9 Å². The van der Waals surface area contributed by atoms with Crippen LogP contribution in [0.2, 0.25) is 0 Å². The predicted octanol–water partition coefficient (Wildman–Crippen LogP) is 3.42. The van der Waals surface area contributed by atoms with Gasteiger partial charge in [-0.2, -0.15) is 0 Å². The summed E-state index contributed by atoms with van der Waals surface area (Å²) >= 11 is 0. The third-order valence-electron chi connectivity index (χ3n) is 5.50. The van der Waals surface area contributed by atoms with E-state index in [2.05, 4.69) is 17.4 Å². The maximum absolute atomic E-state index is 12.6. The molecule has 0 aromatic heterocycles. The Morgan fingerprint density at radius 3 is 2.23 bits per heavy atom. The molecule has 0 spiro atoms. The van der Waals surface area contributed by atoms with Gasteiger partial charge in [-0.25, -0.2) is 4.79 Å². The first-order valence-corrected chi connectivity index (χ1v) is 10.0. The zero-order valence-corrected chi connectivity index (χ0v) is 17.0. The molecule has 158 valence electrons. The second-order valence-corrected chi connectivity index (χ2v) is 7.38. The Morgan fingerprint density at radius 2 is 1.61 bits per heavy atom. The fraction of sp³-hybridized carbons (Fsp3) is 0.200. The summed E-state index contributed by atoms with van der Waals surface area (Å²) < 4.78 is 10.7. The number of ether oxygens (including phenoxy) is 2. The van der Waals surface area contributed by atoms with Crippen molar-refractivity contribution in [1.82, 2.24) is 5.32 Å². The molecular weight excluding hydrogens is 394 g/mol. The summed E-state index contributed by atoms with van der Waals surface area (Å²) in [6, 6.07) is 22.2. The number of carbonyl (C=O) groups excluding carboxylic acids is 2. The fourth-order valence-electron chi connectivity index (χ4n) is 4.06. The summed E-state index contributed by atoms with van der Waals surface area (Å²) in [6.45, 7) is 0.149. The molecule has 0 saturated carbocycles. The van der Waals surface area contributed by atoms with Crippen LogP contribution in [0.3, 0.4) is 0 Å². The largest absolute Gasteiger partial charge is 0.550 e. The molecule has 1 aliphatic rings. The molecule has 1 amide bonds. The zero-order chi connectivity index (χ0) is 21.8. The molecule has 0 fully saturated rings. The number of benzene rings is 3. The lowest BCUT2D eigenvalue weighted by Gasteiger charge is -2.21. The van der Waals surface area contributed by atoms with Gasteiger partial charge in [-0.1, -0.05) is 60.7 Å². The number of carbonyl (C=O) groups is 2. The quantitative estimate of drug-likeness (QED) is 0.638. The lowest BCUT2D eigenvalue weighted by Crippen LogP contribution is -2.35. The number of hydrogen-bond donors (Lipinski definition) is 1. The highest BCUT2D eigenvalue weighted by atomic mass is 16.5. The van der Waals surface area contributed by atoms with Gasteiger partial charge in [-0.3, -0.25) is 0 Å². The normalized spacial score (nSPS) is 13.1. The van der Waals surface area contributed by atoms with E-state index in [4.69, 9.17) is 9.47 Å². The van der Waals surface area contributed by atoms with Crippen LogP contribution in [-0.4, -0.2) is 25.8 Å². The van der Waals surface area contributed by atoms with E-state index in [-0.39, 0.29) is 18.9 Å². The molecule has 1 atom stereocenters. The van der Waals surface area contributed by atoms with Gasteiger partial charge >= 0.3 is 6.09 Å². The Labute approximate surface area is 180 Å². The standard InChI is InChI=1S/C25H23NO5/c1-30-17-8-6-7-16(13-17)23(14-24(27)28)26-25(29)31-15-22-20-11-4-2-9-18(20)19-10-3-5-12-21(19)22/h2-13,22-23H,14-15H2,1H3,(H,26,29)(H,27,28)/p-1/t23-/m0/s1. The Kier molecular flexibility index (Phi) is 5.89. The maximum Gasteiger partial charge on any atom is 0.407 e. The maximum atomic E-state index is 12.6. The fourth-order valence-corrected chi connectivity index (χ4v) is 4.06. The average molecular weight is 416 g/mol. The molecule has 0 saturated heterocycles. The number of alkyl carbamates (subject to hydrolysis) is 1. The van der Waals surface area contributed by atoms with Gasteiger partial charge in [0, 0.05) is 18.3 Å². The van der Waals surface area contributed by atoms with Crippen molar-refractivity contribution < 1.29 is 24.2 Å². The number of carboxylic acids is 1. The number of nitrogens with one attached hydrogen (secondary N) is 1. The lowest BCUT2D eigenvalue weighted by atomic mass is 9.98.